The minimum absolute atomic E-state index is 0.184. The van der Waals surface area contributed by atoms with Gasteiger partial charge in [0.15, 0.2) is 0 Å². The molecular weight excluding hydrogens is 419 g/mol. The highest BCUT2D eigenvalue weighted by Gasteiger charge is 2.30. The number of carbonyl (C=O) groups excluding carboxylic acids is 2. The van der Waals surface area contributed by atoms with E-state index in [1.54, 1.807) is 49.4 Å². The smallest absolute Gasteiger partial charge is 0.376 e. The predicted octanol–water partition coefficient (Wildman–Crippen LogP) is 5.25. The van der Waals surface area contributed by atoms with Gasteiger partial charge in [-0.1, -0.05) is 36.4 Å². The van der Waals surface area contributed by atoms with Crippen molar-refractivity contribution in [2.24, 2.45) is 0 Å². The first-order valence-corrected chi connectivity index (χ1v) is 9.89. The third-order valence-corrected chi connectivity index (χ3v) is 4.70. The molecule has 3 rings (SSSR count). The zero-order chi connectivity index (χ0) is 23.1. The van der Waals surface area contributed by atoms with E-state index < -0.39 is 11.7 Å². The van der Waals surface area contributed by atoms with Crippen molar-refractivity contribution in [1.29, 1.82) is 0 Å². The van der Waals surface area contributed by atoms with E-state index in [0.717, 1.165) is 17.7 Å². The lowest BCUT2D eigenvalue weighted by atomic mass is 10.1. The molecule has 32 heavy (non-hydrogen) atoms. The summed E-state index contributed by atoms with van der Waals surface area (Å²) in [5.74, 6) is -0.627. The Morgan fingerprint density at radius 3 is 2.28 bits per heavy atom. The molecular formula is C24H22F3N3O2. The number of carbonyl (C=O) groups is 2. The van der Waals surface area contributed by atoms with Crippen LogP contribution >= 0.6 is 0 Å². The topological polar surface area (TPSA) is 70.2 Å². The standard InChI is InChI=1S/C24H22F3N3O2/c1-16(29-22(31)15-28-20-11-6-10-19(14-20)24(25,26)27)18-9-5-12-21(13-18)30-23(32)17-7-3-2-4-8-17/h2-14,16,28H,15H2,1H3,(H,29,31)(H,30,32). The Bertz CT molecular complexity index is 1090. The first kappa shape index (κ1) is 22.9. The van der Waals surface area contributed by atoms with Crippen LogP contribution in [0.1, 0.15) is 34.5 Å². The van der Waals surface area contributed by atoms with E-state index in [2.05, 4.69) is 16.0 Å². The third-order valence-electron chi connectivity index (χ3n) is 4.70. The molecule has 0 bridgehead atoms. The second-order valence-electron chi connectivity index (χ2n) is 7.17. The van der Waals surface area contributed by atoms with Crippen LogP contribution < -0.4 is 16.0 Å². The van der Waals surface area contributed by atoms with E-state index in [-0.39, 0.29) is 30.1 Å². The van der Waals surface area contributed by atoms with Crippen LogP contribution in [-0.2, 0) is 11.0 Å². The number of anilines is 2. The zero-order valence-electron chi connectivity index (χ0n) is 17.2. The molecule has 0 saturated heterocycles. The molecule has 0 aliphatic heterocycles. The maximum Gasteiger partial charge on any atom is 0.416 e. The molecule has 3 N–H and O–H groups in total. The molecule has 0 aliphatic rings. The van der Waals surface area contributed by atoms with Crippen LogP contribution in [0.2, 0.25) is 0 Å². The van der Waals surface area contributed by atoms with Crippen LogP contribution in [-0.4, -0.2) is 18.4 Å². The third kappa shape index (κ3) is 6.34. The van der Waals surface area contributed by atoms with E-state index in [1.165, 1.54) is 12.1 Å². The number of rotatable bonds is 7. The number of hydrogen-bond donors (Lipinski definition) is 3. The molecule has 3 aromatic carbocycles. The lowest BCUT2D eigenvalue weighted by Gasteiger charge is -2.16. The molecule has 0 saturated carbocycles. The van der Waals surface area contributed by atoms with Crippen LogP contribution in [0, 0.1) is 0 Å². The van der Waals surface area contributed by atoms with Gasteiger partial charge in [0.25, 0.3) is 5.91 Å². The fraction of sp³-hybridized carbons (Fsp3) is 0.167. The second kappa shape index (κ2) is 10.00. The normalized spacial score (nSPS) is 12.0. The van der Waals surface area contributed by atoms with Crippen molar-refractivity contribution in [3.05, 3.63) is 95.6 Å². The first-order chi connectivity index (χ1) is 15.2. The highest BCUT2D eigenvalue weighted by molar-refractivity contribution is 6.04. The van der Waals surface area contributed by atoms with Gasteiger partial charge < -0.3 is 16.0 Å². The molecule has 5 nitrogen and oxygen atoms in total. The summed E-state index contributed by atoms with van der Waals surface area (Å²) in [5.41, 5.74) is 1.29. The predicted molar refractivity (Wildman–Crippen MR) is 117 cm³/mol. The van der Waals surface area contributed by atoms with Crippen LogP contribution in [0.25, 0.3) is 0 Å². The number of amides is 2. The fourth-order valence-electron chi connectivity index (χ4n) is 3.04. The van der Waals surface area contributed by atoms with Gasteiger partial charge >= 0.3 is 6.18 Å². The lowest BCUT2D eigenvalue weighted by molar-refractivity contribution is -0.137. The van der Waals surface area contributed by atoms with Crippen molar-refractivity contribution in [2.45, 2.75) is 19.1 Å². The molecule has 0 heterocycles. The van der Waals surface area contributed by atoms with Crippen molar-refractivity contribution in [1.82, 2.24) is 5.32 Å². The van der Waals surface area contributed by atoms with Crippen LogP contribution in [0.5, 0.6) is 0 Å². The summed E-state index contributed by atoms with van der Waals surface area (Å²) in [4.78, 5) is 24.6. The molecule has 0 spiro atoms. The summed E-state index contributed by atoms with van der Waals surface area (Å²) in [6.45, 7) is 1.59. The minimum atomic E-state index is -4.45. The Kier molecular flexibility index (Phi) is 7.14. The van der Waals surface area contributed by atoms with Gasteiger partial charge in [0.1, 0.15) is 0 Å². The number of nitrogens with one attached hydrogen (secondary N) is 3. The molecule has 3 aromatic rings. The Balaban J connectivity index is 1.56. The zero-order valence-corrected chi connectivity index (χ0v) is 17.2. The van der Waals surface area contributed by atoms with Crippen LogP contribution in [0.15, 0.2) is 78.9 Å². The van der Waals surface area contributed by atoms with Crippen LogP contribution in [0.4, 0.5) is 24.5 Å². The average Bonchev–Trinajstić information content (AvgIpc) is 2.78. The van der Waals surface area contributed by atoms with Gasteiger partial charge in [0.2, 0.25) is 5.91 Å². The van der Waals surface area contributed by atoms with Gasteiger partial charge in [0.05, 0.1) is 18.2 Å². The molecule has 0 radical (unpaired) electrons. The molecule has 2 amide bonds. The Morgan fingerprint density at radius 1 is 0.875 bits per heavy atom. The Labute approximate surface area is 183 Å². The molecule has 166 valence electrons. The Hall–Kier alpha value is -3.81. The second-order valence-corrected chi connectivity index (χ2v) is 7.17. The molecule has 0 aliphatic carbocycles. The number of alkyl halides is 3. The van der Waals surface area contributed by atoms with Gasteiger partial charge in [-0.25, -0.2) is 0 Å². The van der Waals surface area contributed by atoms with Crippen molar-refractivity contribution in [2.75, 3.05) is 17.2 Å². The van der Waals surface area contributed by atoms with E-state index >= 15 is 0 Å². The monoisotopic (exact) mass is 441 g/mol. The highest BCUT2D eigenvalue weighted by atomic mass is 19.4. The van der Waals surface area contributed by atoms with Crippen molar-refractivity contribution >= 4 is 23.2 Å². The van der Waals surface area contributed by atoms with Crippen molar-refractivity contribution in [3.8, 4) is 0 Å². The average molecular weight is 441 g/mol. The van der Waals surface area contributed by atoms with Crippen molar-refractivity contribution < 1.29 is 22.8 Å². The van der Waals surface area contributed by atoms with Gasteiger partial charge in [-0.2, -0.15) is 13.2 Å². The maximum absolute atomic E-state index is 12.8. The summed E-state index contributed by atoms with van der Waals surface area (Å²) < 4.78 is 38.4. The molecule has 1 unspecified atom stereocenters. The van der Waals surface area contributed by atoms with Crippen molar-refractivity contribution in [3.63, 3.8) is 0 Å². The lowest BCUT2D eigenvalue weighted by Crippen LogP contribution is -2.32. The summed E-state index contributed by atoms with van der Waals surface area (Å²) in [6.07, 6.45) is -4.45. The molecule has 1 atom stereocenters. The van der Waals surface area contributed by atoms with Crippen LogP contribution in [0.3, 0.4) is 0 Å². The molecule has 0 fully saturated rings. The van der Waals surface area contributed by atoms with E-state index in [4.69, 9.17) is 0 Å². The molecule has 0 aromatic heterocycles. The summed E-state index contributed by atoms with van der Waals surface area (Å²) in [7, 11) is 0. The van der Waals surface area contributed by atoms with Gasteiger partial charge in [-0.05, 0) is 55.0 Å². The minimum Gasteiger partial charge on any atom is -0.376 e. The number of hydrogen-bond acceptors (Lipinski definition) is 3. The van der Waals surface area contributed by atoms with Gasteiger partial charge in [-0.3, -0.25) is 9.59 Å². The number of halogens is 3. The SMILES string of the molecule is CC(NC(=O)CNc1cccc(C(F)(F)F)c1)c1cccc(NC(=O)c2ccccc2)c1. The summed E-state index contributed by atoms with van der Waals surface area (Å²) in [5, 5.41) is 8.30. The van der Waals surface area contributed by atoms with E-state index in [0.29, 0.717) is 11.3 Å². The fourth-order valence-corrected chi connectivity index (χ4v) is 3.04. The Morgan fingerprint density at radius 2 is 1.56 bits per heavy atom. The molecule has 8 heteroatoms. The van der Waals surface area contributed by atoms with Gasteiger partial charge in [-0.15, -0.1) is 0 Å². The summed E-state index contributed by atoms with van der Waals surface area (Å²) >= 11 is 0. The largest absolute Gasteiger partial charge is 0.416 e. The maximum atomic E-state index is 12.8. The highest BCUT2D eigenvalue weighted by Crippen LogP contribution is 2.30. The van der Waals surface area contributed by atoms with E-state index in [1.807, 2.05) is 12.1 Å². The number of benzene rings is 3. The first-order valence-electron chi connectivity index (χ1n) is 9.89. The summed E-state index contributed by atoms with van der Waals surface area (Å²) in [6, 6.07) is 20.1. The van der Waals surface area contributed by atoms with E-state index in [9.17, 15) is 22.8 Å². The quantitative estimate of drug-likeness (QED) is 0.469. The van der Waals surface area contributed by atoms with Gasteiger partial charge in [0, 0.05) is 16.9 Å².